The molecule has 3 rings (SSSR count). The number of carbonyl (C=O) groups is 1. The van der Waals surface area contributed by atoms with Gasteiger partial charge >= 0.3 is 0 Å². The van der Waals surface area contributed by atoms with Crippen molar-refractivity contribution in [3.8, 4) is 0 Å². The van der Waals surface area contributed by atoms with Gasteiger partial charge in [0, 0.05) is 15.9 Å². The molecule has 0 atom stereocenters. The van der Waals surface area contributed by atoms with E-state index < -0.39 is 0 Å². The summed E-state index contributed by atoms with van der Waals surface area (Å²) in [6.45, 7) is 0.487. The Kier molecular flexibility index (Phi) is 3.82. The minimum atomic E-state index is -0.0483. The van der Waals surface area contributed by atoms with Crippen molar-refractivity contribution >= 4 is 38.0 Å². The van der Waals surface area contributed by atoms with Gasteiger partial charge < -0.3 is 10.4 Å². The van der Waals surface area contributed by atoms with Crippen LogP contribution in [0.1, 0.15) is 20.8 Å². The molecule has 0 aliphatic heterocycles. The smallest absolute Gasteiger partial charge is 0.261 e. The van der Waals surface area contributed by atoms with E-state index in [1.54, 1.807) is 11.3 Å². The van der Waals surface area contributed by atoms with Gasteiger partial charge in [-0.15, -0.1) is 22.7 Å². The van der Waals surface area contributed by atoms with Gasteiger partial charge in [-0.1, -0.05) is 24.3 Å². The first-order valence-corrected chi connectivity index (χ1v) is 7.90. The fourth-order valence-electron chi connectivity index (χ4n) is 1.99. The lowest BCUT2D eigenvalue weighted by molar-refractivity contribution is 0.0955. The maximum Gasteiger partial charge on any atom is 0.261 e. The van der Waals surface area contributed by atoms with E-state index in [9.17, 15) is 4.79 Å². The van der Waals surface area contributed by atoms with Crippen molar-refractivity contribution in [1.29, 1.82) is 0 Å². The number of aliphatic hydroxyl groups is 1. The van der Waals surface area contributed by atoms with Crippen molar-refractivity contribution in [2.24, 2.45) is 0 Å². The Morgan fingerprint density at radius 3 is 2.80 bits per heavy atom. The van der Waals surface area contributed by atoms with Crippen LogP contribution in [0.3, 0.4) is 0 Å². The summed E-state index contributed by atoms with van der Waals surface area (Å²) in [7, 11) is 0. The van der Waals surface area contributed by atoms with Crippen LogP contribution in [0.5, 0.6) is 0 Å². The molecule has 0 aliphatic rings. The number of rotatable bonds is 4. The molecule has 3 nitrogen and oxygen atoms in total. The quantitative estimate of drug-likeness (QED) is 0.776. The maximum absolute atomic E-state index is 12.1. The number of nitrogens with one attached hydrogen (secondary N) is 1. The molecule has 5 heteroatoms. The van der Waals surface area contributed by atoms with E-state index in [1.165, 1.54) is 11.3 Å². The standard InChI is InChI=1S/C15H13NO2S2/c17-9-11-3-1-2-10(6-11)8-16-15(18)14-7-13-12(20-14)4-5-19-13/h1-7,17H,8-9H2,(H,16,18). The van der Waals surface area contributed by atoms with Gasteiger partial charge in [0.25, 0.3) is 5.91 Å². The Morgan fingerprint density at radius 2 is 2.00 bits per heavy atom. The number of hydrogen-bond donors (Lipinski definition) is 2. The number of hydrogen-bond acceptors (Lipinski definition) is 4. The van der Waals surface area contributed by atoms with Crippen LogP contribution in [0, 0.1) is 0 Å². The summed E-state index contributed by atoms with van der Waals surface area (Å²) in [5.74, 6) is -0.0483. The topological polar surface area (TPSA) is 49.3 Å². The van der Waals surface area contributed by atoms with Crippen molar-refractivity contribution < 1.29 is 9.90 Å². The molecule has 1 aromatic carbocycles. The SMILES string of the molecule is O=C(NCc1cccc(CO)c1)c1cc2sccc2s1. The van der Waals surface area contributed by atoms with Crippen LogP contribution < -0.4 is 5.32 Å². The molecule has 2 N–H and O–H groups in total. The molecular formula is C15H13NO2S2. The second kappa shape index (κ2) is 5.75. The van der Waals surface area contributed by atoms with E-state index >= 15 is 0 Å². The molecular weight excluding hydrogens is 290 g/mol. The van der Waals surface area contributed by atoms with Crippen LogP contribution >= 0.6 is 22.7 Å². The highest BCUT2D eigenvalue weighted by molar-refractivity contribution is 7.27. The minimum Gasteiger partial charge on any atom is -0.392 e. The summed E-state index contributed by atoms with van der Waals surface area (Å²) >= 11 is 3.16. The van der Waals surface area contributed by atoms with Crippen LogP contribution in [0.2, 0.25) is 0 Å². The molecule has 0 aliphatic carbocycles. The van der Waals surface area contributed by atoms with Crippen molar-refractivity contribution in [1.82, 2.24) is 5.32 Å². The second-order valence-electron chi connectivity index (χ2n) is 4.42. The third-order valence-electron chi connectivity index (χ3n) is 2.99. The van der Waals surface area contributed by atoms with Gasteiger partial charge in [-0.2, -0.15) is 0 Å². The average molecular weight is 303 g/mol. The van der Waals surface area contributed by atoms with E-state index in [0.717, 1.165) is 25.4 Å². The Balaban J connectivity index is 1.68. The number of thiophene rings is 2. The van der Waals surface area contributed by atoms with Crippen LogP contribution in [0.4, 0.5) is 0 Å². The molecule has 2 heterocycles. The number of aliphatic hydroxyl groups excluding tert-OH is 1. The summed E-state index contributed by atoms with van der Waals surface area (Å²) in [4.78, 5) is 12.8. The highest BCUT2D eigenvalue weighted by Crippen LogP contribution is 2.29. The van der Waals surface area contributed by atoms with Crippen LogP contribution in [0.15, 0.2) is 41.8 Å². The van der Waals surface area contributed by atoms with E-state index in [0.29, 0.717) is 6.54 Å². The normalized spacial score (nSPS) is 10.8. The Hall–Kier alpha value is -1.69. The first-order valence-electron chi connectivity index (χ1n) is 6.20. The van der Waals surface area contributed by atoms with Gasteiger partial charge in [-0.05, 0) is 28.6 Å². The van der Waals surface area contributed by atoms with Gasteiger partial charge in [0.05, 0.1) is 11.5 Å². The molecule has 0 fully saturated rings. The van der Waals surface area contributed by atoms with E-state index in [1.807, 2.05) is 41.8 Å². The van der Waals surface area contributed by atoms with E-state index in [-0.39, 0.29) is 12.5 Å². The average Bonchev–Trinajstić information content (AvgIpc) is 3.06. The molecule has 20 heavy (non-hydrogen) atoms. The van der Waals surface area contributed by atoms with Crippen molar-refractivity contribution in [2.75, 3.05) is 0 Å². The zero-order valence-electron chi connectivity index (χ0n) is 10.6. The van der Waals surface area contributed by atoms with Gasteiger partial charge in [0.2, 0.25) is 0 Å². The molecule has 0 radical (unpaired) electrons. The zero-order chi connectivity index (χ0) is 13.9. The van der Waals surface area contributed by atoms with Gasteiger partial charge in [-0.25, -0.2) is 0 Å². The van der Waals surface area contributed by atoms with E-state index in [4.69, 9.17) is 5.11 Å². The molecule has 0 spiro atoms. The lowest BCUT2D eigenvalue weighted by atomic mass is 10.1. The molecule has 2 aromatic heterocycles. The zero-order valence-corrected chi connectivity index (χ0v) is 12.3. The minimum absolute atomic E-state index is 0.0169. The Labute approximate surface area is 124 Å². The fourth-order valence-corrected chi connectivity index (χ4v) is 4.01. The number of benzene rings is 1. The molecule has 0 saturated carbocycles. The van der Waals surface area contributed by atoms with Crippen molar-refractivity contribution in [3.63, 3.8) is 0 Å². The first kappa shape index (κ1) is 13.3. The molecule has 0 unspecified atom stereocenters. The predicted octanol–water partition coefficient (Wildman–Crippen LogP) is 3.39. The molecule has 0 saturated heterocycles. The van der Waals surface area contributed by atoms with Crippen molar-refractivity contribution in [3.05, 3.63) is 57.8 Å². The lowest BCUT2D eigenvalue weighted by Gasteiger charge is -2.05. The van der Waals surface area contributed by atoms with Gasteiger partial charge in [0.15, 0.2) is 0 Å². The second-order valence-corrected chi connectivity index (χ2v) is 6.45. The van der Waals surface area contributed by atoms with Crippen LogP contribution in [-0.2, 0) is 13.2 Å². The third-order valence-corrected chi connectivity index (χ3v) is 5.08. The van der Waals surface area contributed by atoms with E-state index in [2.05, 4.69) is 5.32 Å². The Morgan fingerprint density at radius 1 is 1.15 bits per heavy atom. The summed E-state index contributed by atoms with van der Waals surface area (Å²) in [5.41, 5.74) is 1.84. The summed E-state index contributed by atoms with van der Waals surface area (Å²) in [6.07, 6.45) is 0. The lowest BCUT2D eigenvalue weighted by Crippen LogP contribution is -2.21. The number of fused-ring (bicyclic) bond motifs is 1. The molecule has 0 bridgehead atoms. The fraction of sp³-hybridized carbons (Fsp3) is 0.133. The number of carbonyl (C=O) groups excluding carboxylic acids is 1. The largest absolute Gasteiger partial charge is 0.392 e. The van der Waals surface area contributed by atoms with Crippen LogP contribution in [-0.4, -0.2) is 11.0 Å². The van der Waals surface area contributed by atoms with Gasteiger partial charge in [-0.3, -0.25) is 4.79 Å². The monoisotopic (exact) mass is 303 g/mol. The first-order chi connectivity index (χ1) is 9.76. The molecule has 3 aromatic rings. The third kappa shape index (κ3) is 2.75. The Bertz CT molecular complexity index is 717. The maximum atomic E-state index is 12.1. The summed E-state index contributed by atoms with van der Waals surface area (Å²) < 4.78 is 2.31. The summed E-state index contributed by atoms with van der Waals surface area (Å²) in [6, 6.07) is 11.5. The summed E-state index contributed by atoms with van der Waals surface area (Å²) in [5, 5.41) is 14.0. The van der Waals surface area contributed by atoms with Crippen LogP contribution in [0.25, 0.3) is 9.40 Å². The highest BCUT2D eigenvalue weighted by Gasteiger charge is 2.10. The highest BCUT2D eigenvalue weighted by atomic mass is 32.1. The van der Waals surface area contributed by atoms with Gasteiger partial charge in [0.1, 0.15) is 0 Å². The predicted molar refractivity (Wildman–Crippen MR) is 83.2 cm³/mol. The van der Waals surface area contributed by atoms with Crippen molar-refractivity contribution in [2.45, 2.75) is 13.2 Å². The molecule has 102 valence electrons. The molecule has 1 amide bonds. The number of amides is 1.